The van der Waals surface area contributed by atoms with Gasteiger partial charge in [-0.25, -0.2) is 8.42 Å². The number of aromatic nitrogens is 1. The summed E-state index contributed by atoms with van der Waals surface area (Å²) in [5, 5.41) is 0.893. The van der Waals surface area contributed by atoms with E-state index in [0.29, 0.717) is 24.7 Å². The molecular weight excluding hydrogens is 378 g/mol. The van der Waals surface area contributed by atoms with Crippen molar-refractivity contribution in [2.75, 3.05) is 26.6 Å². The smallest absolute Gasteiger partial charge is 0.266 e. The van der Waals surface area contributed by atoms with Crippen molar-refractivity contribution in [2.24, 2.45) is 0 Å². The topological polar surface area (TPSA) is 88.8 Å². The molecule has 0 spiro atoms. The van der Waals surface area contributed by atoms with Gasteiger partial charge in [-0.2, -0.15) is 4.57 Å². The van der Waals surface area contributed by atoms with Crippen molar-refractivity contribution >= 4 is 37.7 Å². The van der Waals surface area contributed by atoms with Gasteiger partial charge in [0, 0.05) is 18.2 Å². The van der Waals surface area contributed by atoms with Gasteiger partial charge in [-0.05, 0) is 13.8 Å². The summed E-state index contributed by atoms with van der Waals surface area (Å²) >= 11 is 1.53. The predicted molar refractivity (Wildman–Crippen MR) is 99.6 cm³/mol. The quantitative estimate of drug-likeness (QED) is 0.364. The van der Waals surface area contributed by atoms with E-state index in [4.69, 9.17) is 14.2 Å². The number of allylic oxidation sites excluding steroid dienone is 1. The van der Waals surface area contributed by atoms with Crippen LogP contribution in [0.4, 0.5) is 0 Å². The molecule has 0 aliphatic heterocycles. The number of fused-ring (bicyclic) bond motifs is 1. The Kier molecular flexibility index (Phi) is 6.85. The number of aryl methyl sites for hydroxylation is 1. The highest BCUT2D eigenvalue weighted by molar-refractivity contribution is 7.85. The van der Waals surface area contributed by atoms with E-state index >= 15 is 0 Å². The van der Waals surface area contributed by atoms with E-state index in [9.17, 15) is 13.0 Å². The van der Waals surface area contributed by atoms with Crippen molar-refractivity contribution in [3.63, 3.8) is 0 Å². The summed E-state index contributed by atoms with van der Waals surface area (Å²) in [6, 6.07) is 3.73. The monoisotopic (exact) mass is 401 g/mol. The van der Waals surface area contributed by atoms with Gasteiger partial charge in [0.1, 0.15) is 10.5 Å². The lowest BCUT2D eigenvalue weighted by molar-refractivity contribution is -0.668. The lowest BCUT2D eigenvalue weighted by Gasteiger charge is -2.07. The first-order valence-corrected chi connectivity index (χ1v) is 10.5. The average molecular weight is 402 g/mol. The number of nitrogens with zero attached hydrogens (tertiary/aromatic N) is 1. The molecule has 0 fully saturated rings. The lowest BCUT2D eigenvalue weighted by Crippen LogP contribution is -2.36. The molecule has 26 heavy (non-hydrogen) atoms. The molecule has 0 bridgehead atoms. The molecule has 0 N–H and O–H groups in total. The van der Waals surface area contributed by atoms with Crippen molar-refractivity contribution in [3.05, 3.63) is 22.9 Å². The molecule has 2 rings (SSSR count). The fourth-order valence-electron chi connectivity index (χ4n) is 2.61. The van der Waals surface area contributed by atoms with Crippen molar-refractivity contribution < 1.29 is 31.7 Å². The molecule has 0 unspecified atom stereocenters. The summed E-state index contributed by atoms with van der Waals surface area (Å²) < 4.78 is 51.9. The molecule has 0 saturated carbocycles. The molecule has 2 aromatic rings. The van der Waals surface area contributed by atoms with Crippen LogP contribution in [0.25, 0.3) is 16.3 Å². The maximum atomic E-state index is 10.9. The molecule has 0 atom stereocenters. The third-order valence-electron chi connectivity index (χ3n) is 3.71. The van der Waals surface area contributed by atoms with E-state index in [0.717, 1.165) is 21.0 Å². The molecule has 0 aliphatic rings. The summed E-state index contributed by atoms with van der Waals surface area (Å²) in [5.41, 5.74) is 0.881. The van der Waals surface area contributed by atoms with Gasteiger partial charge < -0.3 is 18.8 Å². The Hall–Kier alpha value is -1.84. The Bertz CT molecular complexity index is 902. The van der Waals surface area contributed by atoms with Crippen LogP contribution in [0.1, 0.15) is 25.3 Å². The Labute approximate surface area is 157 Å². The molecular formula is C17H23NO6S2. The highest BCUT2D eigenvalue weighted by Gasteiger charge is 2.22. The first-order valence-electron chi connectivity index (χ1n) is 8.12. The number of benzene rings is 1. The zero-order valence-electron chi connectivity index (χ0n) is 15.3. The van der Waals surface area contributed by atoms with E-state index < -0.39 is 15.9 Å². The van der Waals surface area contributed by atoms with E-state index in [2.05, 4.69) is 0 Å². The molecule has 1 aromatic carbocycles. The Morgan fingerprint density at radius 1 is 1.27 bits per heavy atom. The van der Waals surface area contributed by atoms with Gasteiger partial charge in [0.15, 0.2) is 18.0 Å². The molecule has 0 saturated heterocycles. The largest absolute Gasteiger partial charge is 0.748 e. The molecule has 0 radical (unpaired) electrons. The normalized spacial score (nSPS) is 12.4. The van der Waals surface area contributed by atoms with Crippen LogP contribution in [0, 0.1) is 0 Å². The standard InChI is InChI=1S/C17H23NO6S2/c1-5-24-12(2)9-17-18(7-6-8-26(19,20)21)13-10-14(22-3)15(23-4)11-16(13)25-17/h9-11H,5-8H2,1-4H3. The van der Waals surface area contributed by atoms with Gasteiger partial charge in [0.2, 0.25) is 5.52 Å². The fourth-order valence-corrected chi connectivity index (χ4v) is 4.28. The Morgan fingerprint density at radius 2 is 1.92 bits per heavy atom. The molecule has 9 heteroatoms. The Balaban J connectivity index is 2.52. The minimum absolute atomic E-state index is 0.227. The first kappa shape index (κ1) is 20.5. The van der Waals surface area contributed by atoms with Crippen LogP contribution in [0.5, 0.6) is 11.5 Å². The number of hydrogen-bond donors (Lipinski definition) is 0. The number of rotatable bonds is 9. The number of ether oxygens (including phenoxy) is 3. The van der Waals surface area contributed by atoms with Gasteiger partial charge in [0.05, 0.1) is 43.1 Å². The van der Waals surface area contributed by atoms with Gasteiger partial charge in [0.25, 0.3) is 5.01 Å². The summed E-state index contributed by atoms with van der Waals surface area (Å²) in [4.78, 5) is 0. The zero-order chi connectivity index (χ0) is 19.3. The van der Waals surface area contributed by atoms with E-state index in [-0.39, 0.29) is 6.42 Å². The minimum Gasteiger partial charge on any atom is -0.748 e. The van der Waals surface area contributed by atoms with Crippen molar-refractivity contribution in [1.82, 2.24) is 0 Å². The summed E-state index contributed by atoms with van der Waals surface area (Å²) in [6.45, 7) is 4.72. The van der Waals surface area contributed by atoms with Crippen LogP contribution in [-0.2, 0) is 21.4 Å². The van der Waals surface area contributed by atoms with Crippen molar-refractivity contribution in [1.29, 1.82) is 0 Å². The second-order valence-corrected chi connectivity index (χ2v) is 8.16. The van der Waals surface area contributed by atoms with Crippen LogP contribution in [0.3, 0.4) is 0 Å². The van der Waals surface area contributed by atoms with Crippen LogP contribution >= 0.6 is 11.3 Å². The third-order valence-corrected chi connectivity index (χ3v) is 5.59. The lowest BCUT2D eigenvalue weighted by atomic mass is 10.2. The molecule has 7 nitrogen and oxygen atoms in total. The average Bonchev–Trinajstić information content (AvgIpc) is 2.89. The second-order valence-electron chi connectivity index (χ2n) is 5.57. The fraction of sp³-hybridized carbons (Fsp3) is 0.471. The minimum atomic E-state index is -4.24. The van der Waals surface area contributed by atoms with E-state index in [1.54, 1.807) is 14.2 Å². The van der Waals surface area contributed by atoms with E-state index in [1.165, 1.54) is 11.3 Å². The summed E-state index contributed by atoms with van der Waals surface area (Å²) in [5.74, 6) is 1.55. The number of hydrogen-bond acceptors (Lipinski definition) is 7. The van der Waals surface area contributed by atoms with E-state index in [1.807, 2.05) is 36.6 Å². The molecule has 144 valence electrons. The van der Waals surface area contributed by atoms with Gasteiger partial charge in [-0.1, -0.05) is 11.3 Å². The molecule has 1 aromatic heterocycles. The molecule has 0 aliphatic carbocycles. The van der Waals surface area contributed by atoms with Gasteiger partial charge >= 0.3 is 0 Å². The molecule has 1 heterocycles. The van der Waals surface area contributed by atoms with Crippen LogP contribution < -0.4 is 14.0 Å². The van der Waals surface area contributed by atoms with Crippen molar-refractivity contribution in [3.8, 4) is 11.5 Å². The molecule has 0 amide bonds. The third kappa shape index (κ3) is 5.09. The maximum Gasteiger partial charge on any atom is 0.266 e. The van der Waals surface area contributed by atoms with Gasteiger partial charge in [-0.15, -0.1) is 0 Å². The summed E-state index contributed by atoms with van der Waals surface area (Å²) in [6.07, 6.45) is 2.13. The highest BCUT2D eigenvalue weighted by Crippen LogP contribution is 2.34. The number of thiazole rings is 1. The first-order chi connectivity index (χ1) is 12.3. The summed E-state index contributed by atoms with van der Waals surface area (Å²) in [7, 11) is -1.11. The SMILES string of the molecule is CCOC(C)=Cc1sc2cc(OC)c(OC)cc2[n+]1CCCS(=O)(=O)[O-]. The predicted octanol–water partition coefficient (Wildman–Crippen LogP) is 2.54. The van der Waals surface area contributed by atoms with Crippen LogP contribution in [-0.4, -0.2) is 39.5 Å². The van der Waals surface area contributed by atoms with Crippen LogP contribution in [0.2, 0.25) is 0 Å². The van der Waals surface area contributed by atoms with Crippen molar-refractivity contribution in [2.45, 2.75) is 26.8 Å². The number of methoxy groups -OCH3 is 2. The van der Waals surface area contributed by atoms with Gasteiger partial charge in [-0.3, -0.25) is 0 Å². The highest BCUT2D eigenvalue weighted by atomic mass is 32.2. The second kappa shape index (κ2) is 8.70. The Morgan fingerprint density at radius 3 is 2.50 bits per heavy atom. The zero-order valence-corrected chi connectivity index (χ0v) is 16.9. The van der Waals surface area contributed by atoms with Crippen LogP contribution in [0.15, 0.2) is 17.9 Å². The maximum absolute atomic E-state index is 10.9.